The Labute approximate surface area is 380 Å². The van der Waals surface area contributed by atoms with E-state index in [4.69, 9.17) is 0 Å². The van der Waals surface area contributed by atoms with Gasteiger partial charge < -0.3 is 36.4 Å². The first-order valence-electron chi connectivity index (χ1n) is 21.2. The molecule has 2 heterocycles. The van der Waals surface area contributed by atoms with Crippen molar-refractivity contribution < 1.29 is 68.4 Å². The number of carboxylic acid groups (broad SMARTS) is 4. The first kappa shape index (κ1) is 53.6. The van der Waals surface area contributed by atoms with Crippen LogP contribution in [0.1, 0.15) is 54.4 Å². The second kappa shape index (κ2) is 28.2. The minimum Gasteiger partial charge on any atom is -0.480 e. The number of carboxylic acids is 4. The zero-order valence-corrected chi connectivity index (χ0v) is 37.3. The quantitative estimate of drug-likeness (QED) is 0.0417. The predicted octanol–water partition coefficient (Wildman–Crippen LogP) is -1.36. The zero-order chi connectivity index (χ0) is 47.9. The Morgan fingerprint density at radius 3 is 1.66 bits per heavy atom. The van der Waals surface area contributed by atoms with Crippen molar-refractivity contribution >= 4 is 71.0 Å². The molecule has 7 N–H and O–H groups in total. The summed E-state index contributed by atoms with van der Waals surface area (Å²) in [7, 11) is 0. The average molecular weight is 933 g/mol. The van der Waals surface area contributed by atoms with Gasteiger partial charge in [0.1, 0.15) is 6.04 Å². The molecule has 2 atom stereocenters. The molecule has 0 bridgehead atoms. The maximum atomic E-state index is 13.4. The van der Waals surface area contributed by atoms with E-state index in [1.165, 1.54) is 17.8 Å². The number of aliphatic carboxylic acids is 4. The summed E-state index contributed by atoms with van der Waals surface area (Å²) in [5.74, 6) is -6.89. The van der Waals surface area contributed by atoms with Gasteiger partial charge >= 0.3 is 23.9 Å². The van der Waals surface area contributed by atoms with E-state index in [0.29, 0.717) is 24.2 Å². The smallest absolute Gasteiger partial charge is 0.326 e. The summed E-state index contributed by atoms with van der Waals surface area (Å²) in [6, 6.07) is 4.21. The molecule has 65 heavy (non-hydrogen) atoms. The monoisotopic (exact) mass is 932 g/mol. The molecule has 23 heteroatoms. The molecule has 0 unspecified atom stereocenters. The third kappa shape index (κ3) is 20.7. The fraction of sp³-hybridized carbons (Fsp3) is 0.571. The minimum atomic E-state index is -1.28. The molecule has 1 fully saturated rings. The predicted molar refractivity (Wildman–Crippen MR) is 235 cm³/mol. The molecule has 1 aromatic rings. The molecular weight excluding hydrogens is 873 g/mol. The summed E-state index contributed by atoms with van der Waals surface area (Å²) in [5.41, 5.74) is 0.773. The van der Waals surface area contributed by atoms with E-state index in [-0.39, 0.29) is 129 Å². The van der Waals surface area contributed by atoms with Gasteiger partial charge in [-0.3, -0.25) is 67.7 Å². The molecule has 0 saturated carbocycles. The van der Waals surface area contributed by atoms with Crippen molar-refractivity contribution in [3.05, 3.63) is 47.5 Å². The van der Waals surface area contributed by atoms with Crippen LogP contribution in [0.3, 0.4) is 0 Å². The molecule has 22 nitrogen and oxygen atoms in total. The molecule has 0 aliphatic carbocycles. The van der Waals surface area contributed by atoms with Gasteiger partial charge in [-0.25, -0.2) is 4.79 Å². The molecular formula is C42H60N8O14S. The van der Waals surface area contributed by atoms with Gasteiger partial charge in [0.25, 0.3) is 17.7 Å². The lowest BCUT2D eigenvalue weighted by molar-refractivity contribution is -0.142. The summed E-state index contributed by atoms with van der Waals surface area (Å²) in [6.07, 6.45) is 4.49. The molecule has 3 rings (SSSR count). The second-order valence-electron chi connectivity index (χ2n) is 15.7. The van der Waals surface area contributed by atoms with Crippen molar-refractivity contribution in [2.45, 2.75) is 57.2 Å². The number of nitrogens with one attached hydrogen (secondary N) is 3. The molecule has 0 spiro atoms. The van der Waals surface area contributed by atoms with Crippen LogP contribution in [-0.4, -0.2) is 213 Å². The number of rotatable bonds is 26. The van der Waals surface area contributed by atoms with E-state index in [1.54, 1.807) is 37.8 Å². The van der Waals surface area contributed by atoms with Gasteiger partial charge in [-0.15, -0.1) is 0 Å². The number of thioether (sulfide) groups is 1. The second-order valence-corrected chi connectivity index (χ2v) is 16.6. The van der Waals surface area contributed by atoms with Crippen molar-refractivity contribution in [2.24, 2.45) is 0 Å². The van der Waals surface area contributed by atoms with Gasteiger partial charge in [0, 0.05) is 96.0 Å². The third-order valence-corrected chi connectivity index (χ3v) is 11.3. The highest BCUT2D eigenvalue weighted by molar-refractivity contribution is 7.98. The first-order chi connectivity index (χ1) is 30.9. The standard InChI is InChI=1S/C42H60N8O14S/c1-65-22-12-31(33(51)8-9-34(52)44-32(42(63)64)7-2-3-13-50-36(54)10-11-37(50)55)45-41(62)30-6-4-5-29(23-30)24-43-35(53)25-46-14-16-47(26-38(56)57)18-20-49(28-40(60)61)21-19-48(17-15-46)27-39(58)59/h4-6,10-11,23,31-32H,2-3,7-9,12-22,24-28H2,1H3,(H,43,53)(H,44,52)(H,45,62)(H,56,57)(H,58,59)(H,60,61)(H,63,64)/t31-,32-/m0/s1. The fourth-order valence-corrected chi connectivity index (χ4v) is 7.53. The van der Waals surface area contributed by atoms with Crippen LogP contribution in [0.2, 0.25) is 0 Å². The lowest BCUT2D eigenvalue weighted by atomic mass is 10.0. The van der Waals surface area contributed by atoms with Crippen molar-refractivity contribution in [2.75, 3.05) is 97.1 Å². The number of unbranched alkanes of at least 4 members (excludes halogenated alkanes) is 1. The highest BCUT2D eigenvalue weighted by Crippen LogP contribution is 2.12. The summed E-state index contributed by atoms with van der Waals surface area (Å²) >= 11 is 1.45. The van der Waals surface area contributed by atoms with Gasteiger partial charge in [-0.05, 0) is 55.4 Å². The number of carbonyl (C=O) groups excluding carboxylic acids is 6. The van der Waals surface area contributed by atoms with E-state index >= 15 is 0 Å². The molecule has 0 aromatic heterocycles. The van der Waals surface area contributed by atoms with Crippen LogP contribution in [0.4, 0.5) is 0 Å². The van der Waals surface area contributed by atoms with Crippen LogP contribution in [0.25, 0.3) is 0 Å². The summed E-state index contributed by atoms with van der Waals surface area (Å²) < 4.78 is 0. The highest BCUT2D eigenvalue weighted by atomic mass is 32.2. The Balaban J connectivity index is 1.56. The van der Waals surface area contributed by atoms with Crippen molar-refractivity contribution in [1.29, 1.82) is 0 Å². The molecule has 5 amide bonds. The SMILES string of the molecule is CSCC[C@H](NC(=O)c1cccc(CNC(=O)CN2CCN(CC(=O)O)CCN(CC(=O)O)CCN(CC(=O)O)CC2)c1)C(=O)CCC(=O)N[C@@H](CCCCN1C(=O)C=CC1=O)C(=O)O. The van der Waals surface area contributed by atoms with Crippen LogP contribution < -0.4 is 16.0 Å². The fourth-order valence-electron chi connectivity index (χ4n) is 7.06. The maximum Gasteiger partial charge on any atom is 0.326 e. The third-order valence-electron chi connectivity index (χ3n) is 10.6. The summed E-state index contributed by atoms with van der Waals surface area (Å²) in [5, 5.41) is 46.0. The molecule has 0 radical (unpaired) electrons. The van der Waals surface area contributed by atoms with Crippen molar-refractivity contribution in [3.8, 4) is 0 Å². The maximum absolute atomic E-state index is 13.4. The number of hydrogen-bond donors (Lipinski definition) is 7. The highest BCUT2D eigenvalue weighted by Gasteiger charge is 2.26. The number of Topliss-reactive ketones (excluding diaryl/α,β-unsaturated/α-hetero) is 1. The Kier molecular flexibility index (Phi) is 23.3. The summed E-state index contributed by atoms with van der Waals surface area (Å²) in [6.45, 7) is 1.08. The van der Waals surface area contributed by atoms with Crippen LogP contribution in [-0.2, 0) is 49.7 Å². The molecule has 1 saturated heterocycles. The lowest BCUT2D eigenvalue weighted by Crippen LogP contribution is -2.49. The minimum absolute atomic E-state index is 0.0278. The first-order valence-corrected chi connectivity index (χ1v) is 22.6. The number of hydrogen-bond acceptors (Lipinski definition) is 15. The zero-order valence-electron chi connectivity index (χ0n) is 36.5. The van der Waals surface area contributed by atoms with Crippen LogP contribution in [0.15, 0.2) is 36.4 Å². The van der Waals surface area contributed by atoms with Gasteiger partial charge in [0.2, 0.25) is 11.8 Å². The normalized spacial score (nSPS) is 16.8. The lowest BCUT2D eigenvalue weighted by Gasteiger charge is -2.32. The largest absolute Gasteiger partial charge is 0.480 e. The average Bonchev–Trinajstić information content (AvgIpc) is 3.57. The number of ketones is 1. The molecule has 1 aromatic carbocycles. The number of nitrogens with zero attached hydrogens (tertiary/aromatic N) is 5. The van der Waals surface area contributed by atoms with Gasteiger partial charge in [0.05, 0.1) is 32.2 Å². The van der Waals surface area contributed by atoms with Crippen LogP contribution in [0, 0.1) is 0 Å². The topological polar surface area (TPSA) is 304 Å². The van der Waals surface area contributed by atoms with E-state index in [2.05, 4.69) is 16.0 Å². The van der Waals surface area contributed by atoms with Crippen molar-refractivity contribution in [1.82, 2.24) is 40.4 Å². The van der Waals surface area contributed by atoms with E-state index in [9.17, 15) is 68.4 Å². The van der Waals surface area contributed by atoms with E-state index < -0.39 is 65.4 Å². The summed E-state index contributed by atoms with van der Waals surface area (Å²) in [4.78, 5) is 130. The molecule has 358 valence electrons. The number of carbonyl (C=O) groups is 10. The number of amides is 5. The Bertz CT molecular complexity index is 1850. The van der Waals surface area contributed by atoms with Crippen molar-refractivity contribution in [3.63, 3.8) is 0 Å². The Morgan fingerprint density at radius 2 is 1.17 bits per heavy atom. The van der Waals surface area contributed by atoms with Crippen LogP contribution in [0.5, 0.6) is 0 Å². The molecule has 2 aliphatic rings. The van der Waals surface area contributed by atoms with Crippen LogP contribution >= 0.6 is 11.8 Å². The Morgan fingerprint density at radius 1 is 0.646 bits per heavy atom. The number of imide groups is 1. The molecule has 2 aliphatic heterocycles. The van der Waals surface area contributed by atoms with E-state index in [0.717, 1.165) is 17.1 Å². The Hall–Kier alpha value is -5.75. The van der Waals surface area contributed by atoms with E-state index in [1.807, 2.05) is 6.26 Å². The van der Waals surface area contributed by atoms with Gasteiger partial charge in [-0.1, -0.05) is 12.1 Å². The van der Waals surface area contributed by atoms with Gasteiger partial charge in [0.15, 0.2) is 5.78 Å². The number of benzene rings is 1. The van der Waals surface area contributed by atoms with Gasteiger partial charge in [-0.2, -0.15) is 11.8 Å².